The molecule has 0 unspecified atom stereocenters. The molecule has 5 nitrogen and oxygen atoms in total. The fourth-order valence-corrected chi connectivity index (χ4v) is 1.91. The van der Waals surface area contributed by atoms with Crippen LogP contribution in [0.1, 0.15) is 6.92 Å². The second-order valence-corrected chi connectivity index (χ2v) is 4.57. The van der Waals surface area contributed by atoms with Gasteiger partial charge in [-0.15, -0.1) is 0 Å². The molecule has 0 fully saturated rings. The monoisotopic (exact) mass is 307 g/mol. The number of nitrogens with zero attached hydrogens (tertiary/aromatic N) is 2. The van der Waals surface area contributed by atoms with Crippen molar-refractivity contribution >= 4 is 38.9 Å². The van der Waals surface area contributed by atoms with E-state index in [0.717, 1.165) is 16.7 Å². The highest BCUT2D eigenvalue weighted by Gasteiger charge is 2.07. The zero-order valence-electron chi connectivity index (χ0n) is 9.94. The third-order valence-corrected chi connectivity index (χ3v) is 2.81. The van der Waals surface area contributed by atoms with Crippen LogP contribution in [0.5, 0.6) is 0 Å². The maximum atomic E-state index is 5.99. The molecular formula is C12H14BrN5. The third kappa shape index (κ3) is 2.89. The summed E-state index contributed by atoms with van der Waals surface area (Å²) >= 11 is 3.42. The fraction of sp³-hybridized carbons (Fsp3) is 0.167. The van der Waals surface area contributed by atoms with Crippen LogP contribution in [0.15, 0.2) is 35.1 Å². The smallest absolute Gasteiger partial charge is 0.159 e. The van der Waals surface area contributed by atoms with Gasteiger partial charge >= 0.3 is 0 Å². The number of aromatic nitrogens is 2. The molecule has 2 rings (SSSR count). The highest BCUT2D eigenvalue weighted by molar-refractivity contribution is 9.10. The number of hydrogen-bond acceptors (Lipinski definition) is 5. The van der Waals surface area contributed by atoms with Crippen molar-refractivity contribution in [3.05, 3.63) is 35.1 Å². The minimum atomic E-state index is 0.513. The molecule has 0 radical (unpaired) electrons. The molecule has 1 aromatic heterocycles. The summed E-state index contributed by atoms with van der Waals surface area (Å²) in [7, 11) is 0. The highest BCUT2D eigenvalue weighted by Crippen LogP contribution is 2.26. The molecule has 6 heteroatoms. The van der Waals surface area contributed by atoms with Gasteiger partial charge in [-0.3, -0.25) is 0 Å². The molecule has 0 aliphatic carbocycles. The summed E-state index contributed by atoms with van der Waals surface area (Å²) in [5.74, 6) is 1.24. The topological polar surface area (TPSA) is 75.9 Å². The van der Waals surface area contributed by atoms with Crippen LogP contribution in [0, 0.1) is 0 Å². The Kier molecular flexibility index (Phi) is 3.99. The maximum absolute atomic E-state index is 5.99. The average Bonchev–Trinajstić information content (AvgIpc) is 2.35. The van der Waals surface area contributed by atoms with Gasteiger partial charge in [0.25, 0.3) is 0 Å². The van der Waals surface area contributed by atoms with Crippen molar-refractivity contribution < 1.29 is 0 Å². The van der Waals surface area contributed by atoms with Gasteiger partial charge in [0.1, 0.15) is 12.0 Å². The van der Waals surface area contributed by atoms with Gasteiger partial charge in [0, 0.05) is 16.7 Å². The van der Waals surface area contributed by atoms with E-state index in [0.29, 0.717) is 17.3 Å². The molecule has 18 heavy (non-hydrogen) atoms. The standard InChI is InChI=1S/C12H14BrN5/c1-2-15-11-10(14)12(17-7-16-11)18-9-5-3-4-8(13)6-9/h3-7H,2,14H2,1H3,(H2,15,16,17,18). The first-order valence-electron chi connectivity index (χ1n) is 5.57. The van der Waals surface area contributed by atoms with Crippen LogP contribution in [-0.4, -0.2) is 16.5 Å². The Morgan fingerprint density at radius 1 is 1.28 bits per heavy atom. The van der Waals surface area contributed by atoms with Crippen LogP contribution >= 0.6 is 15.9 Å². The quantitative estimate of drug-likeness (QED) is 0.809. The number of halogens is 1. The minimum absolute atomic E-state index is 0.513. The first-order valence-corrected chi connectivity index (χ1v) is 6.37. The van der Waals surface area contributed by atoms with Gasteiger partial charge in [0.2, 0.25) is 0 Å². The average molecular weight is 308 g/mol. The number of anilines is 4. The summed E-state index contributed by atoms with van der Waals surface area (Å²) in [6.45, 7) is 2.75. The zero-order chi connectivity index (χ0) is 13.0. The van der Waals surface area contributed by atoms with Gasteiger partial charge in [0.05, 0.1) is 0 Å². The highest BCUT2D eigenvalue weighted by atomic mass is 79.9. The van der Waals surface area contributed by atoms with Crippen molar-refractivity contribution in [1.82, 2.24) is 9.97 Å². The number of nitrogens with two attached hydrogens (primary N) is 1. The lowest BCUT2D eigenvalue weighted by molar-refractivity contribution is 1.12. The predicted octanol–water partition coefficient (Wildman–Crippen LogP) is 3.00. The molecule has 0 saturated carbocycles. The number of rotatable bonds is 4. The van der Waals surface area contributed by atoms with E-state index in [1.165, 1.54) is 6.33 Å². The van der Waals surface area contributed by atoms with E-state index in [9.17, 15) is 0 Å². The number of nitrogen functional groups attached to an aromatic ring is 1. The van der Waals surface area contributed by atoms with Gasteiger partial charge in [-0.2, -0.15) is 0 Å². The van der Waals surface area contributed by atoms with Crippen LogP contribution in [-0.2, 0) is 0 Å². The van der Waals surface area contributed by atoms with Crippen molar-refractivity contribution in [3.63, 3.8) is 0 Å². The van der Waals surface area contributed by atoms with Gasteiger partial charge < -0.3 is 16.4 Å². The molecule has 0 aliphatic heterocycles. The maximum Gasteiger partial charge on any atom is 0.159 e. The Labute approximate surface area is 114 Å². The molecular weight excluding hydrogens is 294 g/mol. The molecule has 0 amide bonds. The molecule has 1 heterocycles. The summed E-state index contributed by atoms with van der Waals surface area (Å²) < 4.78 is 0.993. The Morgan fingerprint density at radius 3 is 2.78 bits per heavy atom. The predicted molar refractivity (Wildman–Crippen MR) is 78.0 cm³/mol. The Hall–Kier alpha value is -1.82. The molecule has 0 bridgehead atoms. The van der Waals surface area contributed by atoms with E-state index < -0.39 is 0 Å². The Balaban J connectivity index is 2.26. The van der Waals surface area contributed by atoms with Crippen LogP contribution in [0.25, 0.3) is 0 Å². The lowest BCUT2D eigenvalue weighted by Gasteiger charge is -2.11. The van der Waals surface area contributed by atoms with Gasteiger partial charge in [-0.25, -0.2) is 9.97 Å². The number of nitrogens with one attached hydrogen (secondary N) is 2. The molecule has 0 atom stereocenters. The summed E-state index contributed by atoms with van der Waals surface area (Å²) in [5.41, 5.74) is 7.42. The van der Waals surface area contributed by atoms with Gasteiger partial charge in [-0.1, -0.05) is 22.0 Å². The first-order chi connectivity index (χ1) is 8.70. The normalized spacial score (nSPS) is 10.1. The molecule has 0 saturated heterocycles. The molecule has 1 aromatic carbocycles. The summed E-state index contributed by atoms with van der Waals surface area (Å²) in [6.07, 6.45) is 1.48. The molecule has 0 spiro atoms. The van der Waals surface area contributed by atoms with E-state index >= 15 is 0 Å². The largest absolute Gasteiger partial charge is 0.393 e. The van der Waals surface area contributed by atoms with E-state index in [-0.39, 0.29) is 0 Å². The van der Waals surface area contributed by atoms with Crippen LogP contribution in [0.2, 0.25) is 0 Å². The zero-order valence-corrected chi connectivity index (χ0v) is 11.5. The summed E-state index contributed by atoms with van der Waals surface area (Å²) in [4.78, 5) is 8.23. The fourth-order valence-electron chi connectivity index (χ4n) is 1.51. The minimum Gasteiger partial charge on any atom is -0.393 e. The van der Waals surface area contributed by atoms with E-state index in [1.807, 2.05) is 31.2 Å². The lowest BCUT2D eigenvalue weighted by atomic mass is 10.3. The molecule has 4 N–H and O–H groups in total. The number of benzene rings is 1. The summed E-state index contributed by atoms with van der Waals surface area (Å²) in [6, 6.07) is 7.79. The Morgan fingerprint density at radius 2 is 2.06 bits per heavy atom. The van der Waals surface area contributed by atoms with E-state index in [1.54, 1.807) is 0 Å². The van der Waals surface area contributed by atoms with Gasteiger partial charge in [0.15, 0.2) is 11.6 Å². The first kappa shape index (κ1) is 12.6. The SMILES string of the molecule is CCNc1ncnc(Nc2cccc(Br)c2)c1N. The molecule has 94 valence electrons. The second-order valence-electron chi connectivity index (χ2n) is 3.65. The van der Waals surface area contributed by atoms with Crippen molar-refractivity contribution in [1.29, 1.82) is 0 Å². The van der Waals surface area contributed by atoms with E-state index in [2.05, 4.69) is 36.5 Å². The van der Waals surface area contributed by atoms with Gasteiger partial charge in [-0.05, 0) is 25.1 Å². The Bertz CT molecular complexity index is 544. The second kappa shape index (κ2) is 5.68. The van der Waals surface area contributed by atoms with Crippen molar-refractivity contribution in [2.45, 2.75) is 6.92 Å². The van der Waals surface area contributed by atoms with Crippen molar-refractivity contribution in [2.24, 2.45) is 0 Å². The van der Waals surface area contributed by atoms with E-state index in [4.69, 9.17) is 5.73 Å². The van der Waals surface area contributed by atoms with Crippen LogP contribution in [0.3, 0.4) is 0 Å². The number of hydrogen-bond donors (Lipinski definition) is 3. The lowest BCUT2D eigenvalue weighted by Crippen LogP contribution is -2.07. The summed E-state index contributed by atoms with van der Waals surface area (Å²) in [5, 5.41) is 6.25. The van der Waals surface area contributed by atoms with Crippen LogP contribution < -0.4 is 16.4 Å². The molecule has 0 aliphatic rings. The van der Waals surface area contributed by atoms with Crippen LogP contribution in [0.4, 0.5) is 23.0 Å². The molecule has 2 aromatic rings. The van der Waals surface area contributed by atoms with Crippen molar-refractivity contribution in [3.8, 4) is 0 Å². The van der Waals surface area contributed by atoms with Crippen molar-refractivity contribution in [2.75, 3.05) is 22.9 Å². The third-order valence-electron chi connectivity index (χ3n) is 2.32.